The van der Waals surface area contributed by atoms with E-state index in [1.807, 2.05) is 19.2 Å². The van der Waals surface area contributed by atoms with E-state index in [2.05, 4.69) is 54.6 Å². The molecule has 2 aromatic heterocycles. The molecule has 0 amide bonds. The number of morpholine rings is 1. The maximum atomic E-state index is 13.7. The van der Waals surface area contributed by atoms with Gasteiger partial charge in [-0.15, -0.1) is 11.3 Å². The molecule has 1 atom stereocenters. The minimum atomic E-state index is -0.0847. The first kappa shape index (κ1) is 23.8. The molecule has 4 rings (SSSR count). The molecular weight excluding hydrogens is 421 g/mol. The van der Waals surface area contributed by atoms with Crippen LogP contribution in [-0.2, 0) is 16.7 Å². The molecule has 2 fully saturated rings. The van der Waals surface area contributed by atoms with Gasteiger partial charge in [0.15, 0.2) is 5.13 Å². The summed E-state index contributed by atoms with van der Waals surface area (Å²) >= 11 is 1.30. The lowest BCUT2D eigenvalue weighted by Gasteiger charge is -2.53. The first-order valence-electron chi connectivity index (χ1n) is 11.9. The van der Waals surface area contributed by atoms with Crippen molar-refractivity contribution in [3.8, 4) is 0 Å². The number of hydrogen-bond acceptors (Lipinski definition) is 5. The van der Waals surface area contributed by atoms with Crippen LogP contribution in [0.25, 0.3) is 0 Å². The molecule has 2 aliphatic rings. The quantitative estimate of drug-likeness (QED) is 0.565. The third-order valence-electron chi connectivity index (χ3n) is 8.34. The SMILES string of the molecule is Cc1ccc(C(C)(C)N2CCC(CCc3ccc(F)s3)(C(C)(C)N3CCOCC3)C2)cn1. The molecule has 176 valence electrons. The van der Waals surface area contributed by atoms with E-state index in [0.717, 1.165) is 69.2 Å². The molecule has 0 N–H and O–H groups in total. The number of aryl methyl sites for hydroxylation is 2. The molecule has 2 saturated heterocycles. The monoisotopic (exact) mass is 459 g/mol. The number of nitrogens with zero attached hydrogens (tertiary/aromatic N) is 3. The smallest absolute Gasteiger partial charge is 0.176 e. The highest BCUT2D eigenvalue weighted by atomic mass is 32.1. The van der Waals surface area contributed by atoms with E-state index >= 15 is 0 Å². The number of likely N-dealkylation sites (tertiary alicyclic amines) is 1. The summed E-state index contributed by atoms with van der Waals surface area (Å²) in [5, 5.41) is -0.0810. The van der Waals surface area contributed by atoms with E-state index in [4.69, 9.17) is 4.74 Å². The molecule has 1 unspecified atom stereocenters. The van der Waals surface area contributed by atoms with Gasteiger partial charge in [-0.1, -0.05) is 6.07 Å². The van der Waals surface area contributed by atoms with Gasteiger partial charge in [0.05, 0.1) is 13.2 Å². The Morgan fingerprint density at radius 1 is 1.06 bits per heavy atom. The Morgan fingerprint density at radius 2 is 1.81 bits per heavy atom. The Kier molecular flexibility index (Phi) is 6.79. The van der Waals surface area contributed by atoms with E-state index in [1.54, 1.807) is 6.07 Å². The summed E-state index contributed by atoms with van der Waals surface area (Å²) in [6, 6.07) is 7.91. The van der Waals surface area contributed by atoms with Crippen molar-refractivity contribution in [3.63, 3.8) is 0 Å². The first-order valence-corrected chi connectivity index (χ1v) is 12.7. The lowest BCUT2D eigenvalue weighted by atomic mass is 9.66. The Labute approximate surface area is 196 Å². The molecule has 2 aromatic rings. The van der Waals surface area contributed by atoms with Crippen molar-refractivity contribution in [2.45, 2.75) is 65.0 Å². The largest absolute Gasteiger partial charge is 0.379 e. The fourth-order valence-corrected chi connectivity index (χ4v) is 6.40. The predicted molar refractivity (Wildman–Crippen MR) is 130 cm³/mol. The van der Waals surface area contributed by atoms with Gasteiger partial charge in [-0.05, 0) is 84.2 Å². The first-order chi connectivity index (χ1) is 15.1. The highest BCUT2D eigenvalue weighted by Crippen LogP contribution is 2.50. The molecule has 4 heterocycles. The fourth-order valence-electron chi connectivity index (χ4n) is 5.68. The van der Waals surface area contributed by atoms with Gasteiger partial charge in [0, 0.05) is 52.9 Å². The molecule has 6 heteroatoms. The van der Waals surface area contributed by atoms with E-state index in [1.165, 1.54) is 16.9 Å². The number of thiophene rings is 1. The van der Waals surface area contributed by atoms with Gasteiger partial charge in [-0.2, -0.15) is 4.39 Å². The Bertz CT molecular complexity index is 904. The molecule has 0 radical (unpaired) electrons. The van der Waals surface area contributed by atoms with Crippen molar-refractivity contribution in [1.29, 1.82) is 0 Å². The van der Waals surface area contributed by atoms with Crippen LogP contribution in [-0.4, -0.2) is 59.7 Å². The molecule has 0 saturated carbocycles. The van der Waals surface area contributed by atoms with E-state index in [0.29, 0.717) is 0 Å². The van der Waals surface area contributed by atoms with Crippen molar-refractivity contribution in [2.24, 2.45) is 5.41 Å². The zero-order chi connectivity index (χ0) is 23.0. The van der Waals surface area contributed by atoms with E-state index in [9.17, 15) is 4.39 Å². The van der Waals surface area contributed by atoms with Gasteiger partial charge >= 0.3 is 0 Å². The summed E-state index contributed by atoms with van der Waals surface area (Å²) in [4.78, 5) is 11.0. The summed E-state index contributed by atoms with van der Waals surface area (Å²) in [7, 11) is 0. The number of aromatic nitrogens is 1. The summed E-state index contributed by atoms with van der Waals surface area (Å²) < 4.78 is 19.3. The van der Waals surface area contributed by atoms with Crippen molar-refractivity contribution in [3.05, 3.63) is 51.7 Å². The van der Waals surface area contributed by atoms with Gasteiger partial charge in [0.25, 0.3) is 0 Å². The van der Waals surface area contributed by atoms with Crippen LogP contribution in [0.1, 0.15) is 56.7 Å². The normalized spacial score (nSPS) is 23.7. The van der Waals surface area contributed by atoms with Crippen LogP contribution < -0.4 is 0 Å². The van der Waals surface area contributed by atoms with Crippen LogP contribution in [0.5, 0.6) is 0 Å². The van der Waals surface area contributed by atoms with E-state index in [-0.39, 0.29) is 21.6 Å². The highest BCUT2D eigenvalue weighted by Gasteiger charge is 2.53. The third-order valence-corrected chi connectivity index (χ3v) is 9.27. The second-order valence-electron chi connectivity index (χ2n) is 10.6. The molecule has 2 aliphatic heterocycles. The van der Waals surface area contributed by atoms with Gasteiger partial charge in [0.2, 0.25) is 0 Å². The Balaban J connectivity index is 1.61. The number of pyridine rings is 1. The zero-order valence-corrected chi connectivity index (χ0v) is 21.1. The van der Waals surface area contributed by atoms with Gasteiger partial charge in [-0.25, -0.2) is 0 Å². The van der Waals surface area contributed by atoms with Crippen LogP contribution in [0.3, 0.4) is 0 Å². The molecule has 32 heavy (non-hydrogen) atoms. The average Bonchev–Trinajstić information content (AvgIpc) is 3.41. The molecular formula is C26H38FN3OS. The Hall–Kier alpha value is -1.34. The summed E-state index contributed by atoms with van der Waals surface area (Å²) in [5.41, 5.74) is 2.39. The van der Waals surface area contributed by atoms with Crippen molar-refractivity contribution < 1.29 is 9.13 Å². The maximum Gasteiger partial charge on any atom is 0.176 e. The average molecular weight is 460 g/mol. The van der Waals surface area contributed by atoms with Crippen molar-refractivity contribution in [2.75, 3.05) is 39.4 Å². The van der Waals surface area contributed by atoms with Crippen molar-refractivity contribution in [1.82, 2.24) is 14.8 Å². The summed E-state index contributed by atoms with van der Waals surface area (Å²) in [6.07, 6.45) is 5.18. The van der Waals surface area contributed by atoms with Crippen molar-refractivity contribution >= 4 is 11.3 Å². The maximum absolute atomic E-state index is 13.7. The van der Waals surface area contributed by atoms with Gasteiger partial charge in [-0.3, -0.25) is 14.8 Å². The standard InChI is InChI=1S/C26H38FN3OS/c1-20-6-7-21(18-28-20)24(2,3)30-13-12-26(19-30,11-10-22-8-9-23(27)32-22)25(4,5)29-14-16-31-17-15-29/h6-9,18H,10-17,19H2,1-5H3. The second-order valence-corrected chi connectivity index (χ2v) is 11.7. The summed E-state index contributed by atoms with van der Waals surface area (Å²) in [6.45, 7) is 17.2. The number of rotatable bonds is 7. The highest BCUT2D eigenvalue weighted by molar-refractivity contribution is 7.10. The number of ether oxygens (including phenoxy) is 1. The topological polar surface area (TPSA) is 28.6 Å². The third kappa shape index (κ3) is 4.52. The second kappa shape index (κ2) is 9.13. The summed E-state index contributed by atoms with van der Waals surface area (Å²) in [5.74, 6) is 0. The van der Waals surface area contributed by atoms with Crippen LogP contribution in [0, 0.1) is 17.5 Å². The van der Waals surface area contributed by atoms with Gasteiger partial charge < -0.3 is 4.74 Å². The molecule has 0 aliphatic carbocycles. The van der Waals surface area contributed by atoms with E-state index < -0.39 is 0 Å². The molecule has 4 nitrogen and oxygen atoms in total. The minimum absolute atomic E-state index is 0.0307. The lowest BCUT2D eigenvalue weighted by Crippen LogP contribution is -2.60. The van der Waals surface area contributed by atoms with Crippen LogP contribution in [0.2, 0.25) is 0 Å². The zero-order valence-electron chi connectivity index (χ0n) is 20.3. The molecule has 0 bridgehead atoms. The molecule has 0 spiro atoms. The number of hydrogen-bond donors (Lipinski definition) is 0. The lowest BCUT2D eigenvalue weighted by molar-refractivity contribution is -0.0697. The van der Waals surface area contributed by atoms with Crippen LogP contribution in [0.4, 0.5) is 4.39 Å². The van der Waals surface area contributed by atoms with Crippen LogP contribution in [0.15, 0.2) is 30.5 Å². The predicted octanol–water partition coefficient (Wildman–Crippen LogP) is 5.26. The van der Waals surface area contributed by atoms with Gasteiger partial charge in [0.1, 0.15) is 0 Å². The molecule has 0 aromatic carbocycles. The minimum Gasteiger partial charge on any atom is -0.379 e. The fraction of sp³-hybridized carbons (Fsp3) is 0.654. The Morgan fingerprint density at radius 3 is 2.44 bits per heavy atom. The van der Waals surface area contributed by atoms with Crippen LogP contribution >= 0.6 is 11.3 Å². The number of halogens is 1.